The van der Waals surface area contributed by atoms with Crippen molar-refractivity contribution in [2.45, 2.75) is 12.7 Å². The molecule has 0 aliphatic rings. The monoisotopic (exact) mass is 534 g/mol. The number of para-hydroxylation sites is 1. The zero-order valence-corrected chi connectivity index (χ0v) is 19.8. The number of amides is 1. The molecule has 0 aliphatic carbocycles. The molecule has 1 amide bonds. The lowest BCUT2D eigenvalue weighted by atomic mass is 10.1. The predicted octanol–water partition coefficient (Wildman–Crippen LogP) is 4.70. The summed E-state index contributed by atoms with van der Waals surface area (Å²) in [5.41, 5.74) is 6.95. The van der Waals surface area contributed by atoms with E-state index in [4.69, 9.17) is 5.73 Å². The van der Waals surface area contributed by atoms with Crippen molar-refractivity contribution in [3.63, 3.8) is 0 Å². The molecule has 2 aromatic carbocycles. The van der Waals surface area contributed by atoms with Gasteiger partial charge >= 0.3 is 6.18 Å². The molecule has 0 unspecified atom stereocenters. The molecule has 3 aromatic heterocycles. The van der Waals surface area contributed by atoms with E-state index in [1.165, 1.54) is 29.2 Å². The first-order chi connectivity index (χ1) is 18.6. The van der Waals surface area contributed by atoms with Gasteiger partial charge in [-0.1, -0.05) is 30.3 Å². The van der Waals surface area contributed by atoms with Gasteiger partial charge in [0.1, 0.15) is 23.7 Å². The molecule has 39 heavy (non-hydrogen) atoms. The van der Waals surface area contributed by atoms with Gasteiger partial charge in [-0.3, -0.25) is 14.9 Å². The Labute approximate surface area is 217 Å². The van der Waals surface area contributed by atoms with Crippen molar-refractivity contribution in [2.24, 2.45) is 0 Å². The molecule has 5 rings (SSSR count). The quantitative estimate of drug-likeness (QED) is 0.235. The van der Waals surface area contributed by atoms with E-state index in [2.05, 4.69) is 25.4 Å². The third-order valence-corrected chi connectivity index (χ3v) is 5.82. The lowest BCUT2D eigenvalue weighted by molar-refractivity contribution is -0.385. The van der Waals surface area contributed by atoms with Crippen molar-refractivity contribution in [3.8, 4) is 11.3 Å². The summed E-state index contributed by atoms with van der Waals surface area (Å²) in [5, 5.41) is 18.8. The third-order valence-electron chi connectivity index (χ3n) is 5.82. The summed E-state index contributed by atoms with van der Waals surface area (Å²) in [7, 11) is 0. The number of hydrogen-bond donors (Lipinski definition) is 2. The van der Waals surface area contributed by atoms with Gasteiger partial charge in [0.2, 0.25) is 0 Å². The molecule has 0 radical (unpaired) electrons. The first kappa shape index (κ1) is 25.3. The van der Waals surface area contributed by atoms with Crippen molar-refractivity contribution >= 4 is 34.3 Å². The number of benzene rings is 2. The van der Waals surface area contributed by atoms with Crippen molar-refractivity contribution < 1.29 is 22.9 Å². The van der Waals surface area contributed by atoms with Crippen LogP contribution in [-0.2, 0) is 12.7 Å². The second-order valence-electron chi connectivity index (χ2n) is 8.31. The Morgan fingerprint density at radius 3 is 2.51 bits per heavy atom. The maximum atomic E-state index is 13.0. The van der Waals surface area contributed by atoms with Crippen LogP contribution in [-0.4, -0.2) is 35.6 Å². The maximum absolute atomic E-state index is 13.0. The molecule has 3 N–H and O–H groups in total. The van der Waals surface area contributed by atoms with Gasteiger partial charge in [-0.25, -0.2) is 19.6 Å². The number of carbonyl (C=O) groups is 1. The van der Waals surface area contributed by atoms with Crippen LogP contribution < -0.4 is 11.1 Å². The molecule has 0 aliphatic heterocycles. The lowest BCUT2D eigenvalue weighted by Crippen LogP contribution is -2.14. The molecule has 3 heterocycles. The average molecular weight is 534 g/mol. The highest BCUT2D eigenvalue weighted by Crippen LogP contribution is 2.32. The van der Waals surface area contributed by atoms with E-state index in [0.29, 0.717) is 27.9 Å². The third kappa shape index (κ3) is 5.07. The Morgan fingerprint density at radius 2 is 1.79 bits per heavy atom. The highest BCUT2D eigenvalue weighted by Gasteiger charge is 2.31. The van der Waals surface area contributed by atoms with Gasteiger partial charge in [-0.05, 0) is 24.3 Å². The van der Waals surface area contributed by atoms with Gasteiger partial charge in [-0.15, -0.1) is 0 Å². The number of aromatic nitrogens is 5. The number of carbonyl (C=O) groups excluding carboxylic acids is 1. The maximum Gasteiger partial charge on any atom is 0.416 e. The van der Waals surface area contributed by atoms with Gasteiger partial charge in [0.15, 0.2) is 5.65 Å². The summed E-state index contributed by atoms with van der Waals surface area (Å²) >= 11 is 0. The van der Waals surface area contributed by atoms with Crippen LogP contribution in [0.1, 0.15) is 21.5 Å². The number of pyridine rings is 1. The molecule has 0 saturated carbocycles. The number of alkyl halides is 3. The van der Waals surface area contributed by atoms with Crippen LogP contribution in [0.5, 0.6) is 0 Å². The Hall–Kier alpha value is -5.40. The second kappa shape index (κ2) is 9.81. The first-order valence-electron chi connectivity index (χ1n) is 11.3. The standard InChI is InChI=1S/C25H17F3N8O3/c26-25(27,28)17-9-10-30-19(11-17)33-24(37)15-7-5-14(6-8-15)21-20-22(29)31-13-32-23(20)35(34-21)12-16-3-1-2-4-18(16)36(38)39/h1-11,13H,12H2,(H2,29,31,32)(H,30,33,37). The Kier molecular flexibility index (Phi) is 6.35. The molecule has 14 heteroatoms. The smallest absolute Gasteiger partial charge is 0.383 e. The molecule has 196 valence electrons. The van der Waals surface area contributed by atoms with Crippen LogP contribution in [0.4, 0.5) is 30.5 Å². The van der Waals surface area contributed by atoms with Gasteiger partial charge in [-0.2, -0.15) is 18.3 Å². The van der Waals surface area contributed by atoms with Gasteiger partial charge in [0.05, 0.1) is 28.0 Å². The molecule has 0 atom stereocenters. The number of hydrogen-bond acceptors (Lipinski definition) is 8. The minimum absolute atomic E-state index is 0.0363. The number of nitrogens with zero attached hydrogens (tertiary/aromatic N) is 6. The van der Waals surface area contributed by atoms with Crippen LogP contribution in [0.15, 0.2) is 73.2 Å². The van der Waals surface area contributed by atoms with E-state index in [1.54, 1.807) is 30.3 Å². The second-order valence-corrected chi connectivity index (χ2v) is 8.31. The minimum atomic E-state index is -4.58. The van der Waals surface area contributed by atoms with E-state index in [0.717, 1.165) is 18.3 Å². The number of nitro benzene ring substituents is 1. The largest absolute Gasteiger partial charge is 0.416 e. The van der Waals surface area contributed by atoms with Crippen LogP contribution in [0.25, 0.3) is 22.3 Å². The molecule has 0 saturated heterocycles. The van der Waals surface area contributed by atoms with Crippen LogP contribution in [0, 0.1) is 10.1 Å². The Balaban J connectivity index is 1.45. The fourth-order valence-electron chi connectivity index (χ4n) is 3.97. The number of nitrogens with one attached hydrogen (secondary N) is 1. The number of halogens is 3. The van der Waals surface area contributed by atoms with E-state index in [1.807, 2.05) is 0 Å². The van der Waals surface area contributed by atoms with Crippen molar-refractivity contribution in [1.82, 2.24) is 24.7 Å². The highest BCUT2D eigenvalue weighted by atomic mass is 19.4. The lowest BCUT2D eigenvalue weighted by Gasteiger charge is -2.09. The van der Waals surface area contributed by atoms with E-state index >= 15 is 0 Å². The topological polar surface area (TPSA) is 155 Å². The fraction of sp³-hybridized carbons (Fsp3) is 0.0800. The zero-order valence-electron chi connectivity index (χ0n) is 19.8. The summed E-state index contributed by atoms with van der Waals surface area (Å²) in [5.74, 6) is -0.771. The number of nitrogens with two attached hydrogens (primary N) is 1. The number of nitrogen functional groups attached to an aromatic ring is 1. The Bertz CT molecular complexity index is 1720. The summed E-state index contributed by atoms with van der Waals surface area (Å²) < 4.78 is 40.3. The molecule has 5 aromatic rings. The molecular weight excluding hydrogens is 517 g/mol. The number of nitro groups is 1. The van der Waals surface area contributed by atoms with Crippen LogP contribution in [0.3, 0.4) is 0 Å². The van der Waals surface area contributed by atoms with E-state index in [9.17, 15) is 28.1 Å². The molecule has 0 fully saturated rings. The number of fused-ring (bicyclic) bond motifs is 1. The predicted molar refractivity (Wildman–Crippen MR) is 135 cm³/mol. The van der Waals surface area contributed by atoms with Gasteiger partial charge in [0, 0.05) is 23.4 Å². The van der Waals surface area contributed by atoms with Crippen LogP contribution in [0.2, 0.25) is 0 Å². The molecule has 0 spiro atoms. The fourth-order valence-corrected chi connectivity index (χ4v) is 3.97. The Morgan fingerprint density at radius 1 is 1.05 bits per heavy atom. The average Bonchev–Trinajstić information content (AvgIpc) is 3.28. The zero-order chi connectivity index (χ0) is 27.7. The molecular formula is C25H17F3N8O3. The van der Waals surface area contributed by atoms with E-state index < -0.39 is 22.6 Å². The van der Waals surface area contributed by atoms with Gasteiger partial charge in [0.25, 0.3) is 11.6 Å². The van der Waals surface area contributed by atoms with Crippen LogP contribution >= 0.6 is 0 Å². The normalized spacial score (nSPS) is 11.5. The number of rotatable bonds is 6. The first-order valence-corrected chi connectivity index (χ1v) is 11.3. The summed E-state index contributed by atoms with van der Waals surface area (Å²) in [4.78, 5) is 35.7. The van der Waals surface area contributed by atoms with E-state index in [-0.39, 0.29) is 29.4 Å². The molecule has 11 nitrogen and oxygen atoms in total. The van der Waals surface area contributed by atoms with Crippen molar-refractivity contribution in [3.05, 3.63) is 100.0 Å². The van der Waals surface area contributed by atoms with Gasteiger partial charge < -0.3 is 11.1 Å². The summed E-state index contributed by atoms with van der Waals surface area (Å²) in [6.07, 6.45) is -2.36. The van der Waals surface area contributed by atoms with Crippen molar-refractivity contribution in [2.75, 3.05) is 11.1 Å². The SMILES string of the molecule is Nc1ncnc2c1c(-c1ccc(C(=O)Nc3cc(C(F)(F)F)ccn3)cc1)nn2Cc1ccccc1[N+](=O)[O-]. The minimum Gasteiger partial charge on any atom is -0.383 e. The highest BCUT2D eigenvalue weighted by molar-refractivity contribution is 6.04. The molecule has 0 bridgehead atoms. The number of anilines is 2. The van der Waals surface area contributed by atoms with Crippen molar-refractivity contribution in [1.29, 1.82) is 0 Å². The summed E-state index contributed by atoms with van der Waals surface area (Å²) in [6, 6.07) is 13.9. The summed E-state index contributed by atoms with van der Waals surface area (Å²) in [6.45, 7) is 0.0363.